The highest BCUT2D eigenvalue weighted by Gasteiger charge is 2.35. The molecule has 0 spiro atoms. The second-order valence-electron chi connectivity index (χ2n) is 7.88. The van der Waals surface area contributed by atoms with Gasteiger partial charge in [0.05, 0.1) is 39.3 Å². The summed E-state index contributed by atoms with van der Waals surface area (Å²) in [6.45, 7) is -0.158. The molecular formula is C22H18ClFN6O4S. The topological polar surface area (TPSA) is 160 Å². The van der Waals surface area contributed by atoms with Gasteiger partial charge in [-0.1, -0.05) is 35.9 Å². The minimum absolute atomic E-state index is 0.158. The molecule has 0 saturated carbocycles. The van der Waals surface area contributed by atoms with E-state index >= 15 is 0 Å². The largest absolute Gasteiger partial charge is 0.346 e. The van der Waals surface area contributed by atoms with Crippen molar-refractivity contribution in [1.29, 1.82) is 5.26 Å². The third kappa shape index (κ3) is 5.17. The molecule has 3 aromatic rings. The van der Waals surface area contributed by atoms with Gasteiger partial charge < -0.3 is 10.6 Å². The number of benzene rings is 2. The summed E-state index contributed by atoms with van der Waals surface area (Å²) in [6, 6.07) is 9.44. The molecule has 0 unspecified atom stereocenters. The van der Waals surface area contributed by atoms with Crippen molar-refractivity contribution in [2.75, 3.05) is 0 Å². The maximum Gasteiger partial charge on any atom is 0.253 e. The first kappa shape index (κ1) is 24.3. The van der Waals surface area contributed by atoms with Crippen LogP contribution in [0.4, 0.5) is 4.39 Å². The number of primary sulfonamides is 1. The van der Waals surface area contributed by atoms with E-state index < -0.39 is 55.2 Å². The Morgan fingerprint density at radius 2 is 2.03 bits per heavy atom. The normalized spacial score (nSPS) is 16.9. The van der Waals surface area contributed by atoms with E-state index in [2.05, 4.69) is 15.7 Å². The number of halogens is 2. The highest BCUT2D eigenvalue weighted by molar-refractivity contribution is 7.89. The van der Waals surface area contributed by atoms with E-state index in [0.29, 0.717) is 18.1 Å². The van der Waals surface area contributed by atoms with Gasteiger partial charge in [-0.05, 0) is 29.7 Å². The summed E-state index contributed by atoms with van der Waals surface area (Å²) in [6.07, 6.45) is 3.11. The van der Waals surface area contributed by atoms with Crippen LogP contribution in [0.2, 0.25) is 5.02 Å². The van der Waals surface area contributed by atoms with Crippen LogP contribution in [-0.4, -0.2) is 36.1 Å². The lowest BCUT2D eigenvalue weighted by Gasteiger charge is -2.23. The Bertz CT molecular complexity index is 1480. The number of carbonyl (C=O) groups is 2. The Balaban J connectivity index is 1.58. The minimum atomic E-state index is -4.29. The molecule has 0 saturated heterocycles. The van der Waals surface area contributed by atoms with Crippen molar-refractivity contribution in [3.05, 3.63) is 81.9 Å². The molecule has 180 valence electrons. The van der Waals surface area contributed by atoms with E-state index in [1.807, 2.05) is 24.3 Å². The molecule has 10 nitrogen and oxygen atoms in total. The number of nitriles is 1. The van der Waals surface area contributed by atoms with Gasteiger partial charge in [0.1, 0.15) is 18.4 Å². The number of nitrogens with one attached hydrogen (secondary N) is 2. The second kappa shape index (κ2) is 9.46. The minimum Gasteiger partial charge on any atom is -0.346 e. The van der Waals surface area contributed by atoms with Gasteiger partial charge >= 0.3 is 0 Å². The van der Waals surface area contributed by atoms with Gasteiger partial charge in [-0.3, -0.25) is 14.3 Å². The van der Waals surface area contributed by atoms with Crippen molar-refractivity contribution in [2.24, 2.45) is 5.14 Å². The molecule has 1 aliphatic carbocycles. The first-order valence-corrected chi connectivity index (χ1v) is 12.1. The van der Waals surface area contributed by atoms with Crippen LogP contribution in [0.25, 0.3) is 0 Å². The van der Waals surface area contributed by atoms with Crippen LogP contribution < -0.4 is 15.8 Å². The van der Waals surface area contributed by atoms with Crippen molar-refractivity contribution < 1.29 is 22.4 Å². The molecule has 0 aliphatic heterocycles. The molecule has 2 amide bonds. The summed E-state index contributed by atoms with van der Waals surface area (Å²) in [7, 11) is -4.29. The van der Waals surface area contributed by atoms with E-state index in [4.69, 9.17) is 22.0 Å². The predicted octanol–water partition coefficient (Wildman–Crippen LogP) is 1.41. The number of sulfonamides is 1. The molecule has 35 heavy (non-hydrogen) atoms. The fourth-order valence-corrected chi connectivity index (χ4v) is 4.67. The number of hydrogen-bond donors (Lipinski definition) is 3. The highest BCUT2D eigenvalue weighted by atomic mass is 35.5. The van der Waals surface area contributed by atoms with Gasteiger partial charge in [0.15, 0.2) is 0 Å². The third-order valence-corrected chi connectivity index (χ3v) is 6.79. The Morgan fingerprint density at radius 3 is 2.71 bits per heavy atom. The predicted molar refractivity (Wildman–Crippen MR) is 122 cm³/mol. The molecule has 0 fully saturated rings. The summed E-state index contributed by atoms with van der Waals surface area (Å²) in [5.41, 5.74) is 1.56. The number of hydrogen-bond acceptors (Lipinski definition) is 6. The highest BCUT2D eigenvalue weighted by Crippen LogP contribution is 2.32. The van der Waals surface area contributed by atoms with Crippen molar-refractivity contribution >= 4 is 33.4 Å². The Labute approximate surface area is 204 Å². The number of carbonyl (C=O) groups excluding carboxylic acids is 2. The molecule has 1 aliphatic rings. The zero-order valence-corrected chi connectivity index (χ0v) is 19.5. The summed E-state index contributed by atoms with van der Waals surface area (Å²) < 4.78 is 38.9. The number of aromatic nitrogens is 2. The van der Waals surface area contributed by atoms with Crippen LogP contribution >= 0.6 is 11.6 Å². The van der Waals surface area contributed by atoms with Crippen LogP contribution in [0.15, 0.2) is 53.7 Å². The average Bonchev–Trinajstić information content (AvgIpc) is 3.39. The molecule has 4 N–H and O–H groups in total. The van der Waals surface area contributed by atoms with Crippen molar-refractivity contribution in [3.63, 3.8) is 0 Å². The van der Waals surface area contributed by atoms with Gasteiger partial charge in [0.2, 0.25) is 15.9 Å². The summed E-state index contributed by atoms with van der Waals surface area (Å²) in [5.74, 6) is -2.36. The second-order valence-corrected chi connectivity index (χ2v) is 9.82. The molecule has 13 heteroatoms. The fraction of sp³-hybridized carbons (Fsp3) is 0.182. The van der Waals surface area contributed by atoms with Crippen LogP contribution in [0.1, 0.15) is 33.1 Å². The Kier molecular flexibility index (Phi) is 6.58. The Morgan fingerprint density at radius 1 is 1.29 bits per heavy atom. The van der Waals surface area contributed by atoms with Crippen LogP contribution in [-0.2, 0) is 27.8 Å². The van der Waals surface area contributed by atoms with Crippen LogP contribution in [0, 0.1) is 17.1 Å². The Hall–Kier alpha value is -3.79. The molecular weight excluding hydrogens is 499 g/mol. The maximum atomic E-state index is 14.2. The van der Waals surface area contributed by atoms with E-state index in [9.17, 15) is 22.4 Å². The smallest absolute Gasteiger partial charge is 0.253 e. The van der Waals surface area contributed by atoms with E-state index in [1.54, 1.807) is 6.07 Å². The molecule has 1 heterocycles. The fourth-order valence-electron chi connectivity index (χ4n) is 3.92. The third-order valence-electron chi connectivity index (χ3n) is 5.51. The van der Waals surface area contributed by atoms with E-state index in [-0.39, 0.29) is 6.54 Å². The lowest BCUT2D eigenvalue weighted by Crippen LogP contribution is -2.45. The zero-order chi connectivity index (χ0) is 25.3. The van der Waals surface area contributed by atoms with Crippen LogP contribution in [0.5, 0.6) is 0 Å². The van der Waals surface area contributed by atoms with Gasteiger partial charge in [-0.2, -0.15) is 10.4 Å². The lowest BCUT2D eigenvalue weighted by molar-refractivity contribution is -0.122. The average molecular weight is 517 g/mol. The monoisotopic (exact) mass is 516 g/mol. The standard InChI is InChI=1S/C22H18ClFN6O4S/c23-20-16(6-14(7-17(20)24)35(26,33)34)22(32)28-18-5-13-3-1-2-4-15(13)21(18)29-19(31)11-30-10-12(8-25)9-27-30/h1-4,6-7,9-10,18,21H,5,11H2,(H,28,32)(H,29,31)(H2,26,33,34)/t18-,21-/m1/s1. The number of amides is 2. The van der Waals surface area contributed by atoms with Crippen molar-refractivity contribution in [2.45, 2.75) is 29.9 Å². The molecule has 0 radical (unpaired) electrons. The van der Waals surface area contributed by atoms with Gasteiger partial charge in [-0.25, -0.2) is 17.9 Å². The molecule has 2 atom stereocenters. The SMILES string of the molecule is N#Cc1cnn(CC(=O)N[C@@H]2c3ccccc3C[C@H]2NC(=O)c2cc(S(N)(=O)=O)cc(F)c2Cl)c1. The first-order valence-electron chi connectivity index (χ1n) is 10.2. The number of rotatable bonds is 6. The number of nitrogens with zero attached hydrogens (tertiary/aromatic N) is 3. The zero-order valence-electron chi connectivity index (χ0n) is 17.9. The summed E-state index contributed by atoms with van der Waals surface area (Å²) in [5, 5.41) is 23.0. The molecule has 2 aromatic carbocycles. The van der Waals surface area contributed by atoms with Crippen molar-refractivity contribution in [1.82, 2.24) is 20.4 Å². The summed E-state index contributed by atoms with van der Waals surface area (Å²) >= 11 is 5.94. The first-order chi connectivity index (χ1) is 16.6. The molecule has 1 aromatic heterocycles. The molecule has 4 rings (SSSR count). The lowest BCUT2D eigenvalue weighted by atomic mass is 10.1. The van der Waals surface area contributed by atoms with Crippen molar-refractivity contribution in [3.8, 4) is 6.07 Å². The molecule has 0 bridgehead atoms. The van der Waals surface area contributed by atoms with Gasteiger partial charge in [-0.15, -0.1) is 0 Å². The maximum absolute atomic E-state index is 14.2. The number of fused-ring (bicyclic) bond motifs is 1. The summed E-state index contributed by atoms with van der Waals surface area (Å²) in [4.78, 5) is 25.1. The van der Waals surface area contributed by atoms with E-state index in [1.165, 1.54) is 17.1 Å². The quantitative estimate of drug-likeness (QED) is 0.449. The van der Waals surface area contributed by atoms with Crippen LogP contribution in [0.3, 0.4) is 0 Å². The van der Waals surface area contributed by atoms with E-state index in [0.717, 1.165) is 17.2 Å². The van der Waals surface area contributed by atoms with Gasteiger partial charge in [0.25, 0.3) is 5.91 Å². The van der Waals surface area contributed by atoms with Gasteiger partial charge in [0, 0.05) is 6.20 Å². The number of nitrogens with two attached hydrogens (primary N) is 1.